The molecule has 1 atom stereocenters. The molecule has 0 spiro atoms. The molecule has 0 radical (unpaired) electrons. The smallest absolute Gasteiger partial charge is 0.263 e. The first-order chi connectivity index (χ1) is 13.6. The predicted molar refractivity (Wildman–Crippen MR) is 110 cm³/mol. The summed E-state index contributed by atoms with van der Waals surface area (Å²) in [6, 6.07) is 9.75. The number of H-pyrrole nitrogens is 1. The number of unbranched alkanes of at least 4 members (excludes halogenated alkanes) is 2. The Hall–Kier alpha value is -2.80. The van der Waals surface area contributed by atoms with Gasteiger partial charge in [-0.15, -0.1) is 11.3 Å². The molecule has 0 aliphatic rings. The molecule has 3 aromatic rings. The molecule has 1 aromatic carbocycles. The SMILES string of the molecule is CC(=O)CCCCC[C@H](NC(=O)c1cncs1)c1ncc(-c2ccccc2)[nH]1. The van der Waals surface area contributed by atoms with Gasteiger partial charge in [0, 0.05) is 6.42 Å². The van der Waals surface area contributed by atoms with Crippen LogP contribution >= 0.6 is 11.3 Å². The molecule has 0 aliphatic carbocycles. The number of ketones is 1. The molecule has 2 aromatic heterocycles. The average Bonchev–Trinajstić information content (AvgIpc) is 3.39. The molecule has 1 amide bonds. The molecule has 0 fully saturated rings. The van der Waals surface area contributed by atoms with E-state index in [0.29, 0.717) is 11.3 Å². The maximum Gasteiger partial charge on any atom is 0.263 e. The maximum atomic E-state index is 12.5. The highest BCUT2D eigenvalue weighted by molar-refractivity contribution is 7.11. The van der Waals surface area contributed by atoms with E-state index in [2.05, 4.69) is 20.3 Å². The summed E-state index contributed by atoms with van der Waals surface area (Å²) in [6.45, 7) is 1.62. The molecule has 0 saturated carbocycles. The van der Waals surface area contributed by atoms with E-state index in [4.69, 9.17) is 0 Å². The second kappa shape index (κ2) is 9.94. The molecular weight excluding hydrogens is 372 g/mol. The quantitative estimate of drug-likeness (QED) is 0.492. The highest BCUT2D eigenvalue weighted by Crippen LogP contribution is 2.23. The lowest BCUT2D eigenvalue weighted by molar-refractivity contribution is -0.117. The minimum absolute atomic E-state index is 0.145. The van der Waals surface area contributed by atoms with E-state index in [1.165, 1.54) is 11.3 Å². The van der Waals surface area contributed by atoms with Gasteiger partial charge < -0.3 is 15.1 Å². The van der Waals surface area contributed by atoms with Gasteiger partial charge >= 0.3 is 0 Å². The normalized spacial score (nSPS) is 11.9. The molecule has 7 heteroatoms. The molecular formula is C21H24N4O2S. The summed E-state index contributed by atoms with van der Waals surface area (Å²) >= 11 is 1.31. The number of imidazole rings is 1. The Morgan fingerprint density at radius 3 is 2.68 bits per heavy atom. The van der Waals surface area contributed by atoms with Gasteiger partial charge in [0.25, 0.3) is 5.91 Å². The van der Waals surface area contributed by atoms with E-state index in [9.17, 15) is 9.59 Å². The van der Waals surface area contributed by atoms with Gasteiger partial charge in [0.2, 0.25) is 0 Å². The van der Waals surface area contributed by atoms with Crippen molar-refractivity contribution in [3.8, 4) is 11.3 Å². The second-order valence-corrected chi connectivity index (χ2v) is 7.63. The number of benzene rings is 1. The Balaban J connectivity index is 1.69. The highest BCUT2D eigenvalue weighted by atomic mass is 32.1. The fraction of sp³-hybridized carbons (Fsp3) is 0.333. The van der Waals surface area contributed by atoms with Crippen LogP contribution in [-0.4, -0.2) is 26.6 Å². The van der Waals surface area contributed by atoms with E-state index < -0.39 is 0 Å². The van der Waals surface area contributed by atoms with Crippen molar-refractivity contribution >= 4 is 23.0 Å². The number of aromatic nitrogens is 3. The first kappa shape index (κ1) is 19.9. The molecule has 0 bridgehead atoms. The maximum absolute atomic E-state index is 12.5. The van der Waals surface area contributed by atoms with Crippen molar-refractivity contribution in [2.45, 2.75) is 45.1 Å². The van der Waals surface area contributed by atoms with Gasteiger partial charge in [0.05, 0.1) is 29.6 Å². The van der Waals surface area contributed by atoms with Crippen molar-refractivity contribution in [3.05, 3.63) is 58.9 Å². The Bertz CT molecular complexity index is 890. The number of aromatic amines is 1. The van der Waals surface area contributed by atoms with Crippen LogP contribution in [0.2, 0.25) is 0 Å². The molecule has 2 heterocycles. The lowest BCUT2D eigenvalue weighted by Gasteiger charge is -2.16. The van der Waals surface area contributed by atoms with Crippen LogP contribution in [0.1, 0.15) is 60.6 Å². The van der Waals surface area contributed by atoms with Crippen molar-refractivity contribution < 1.29 is 9.59 Å². The summed E-state index contributed by atoms with van der Waals surface area (Å²) in [7, 11) is 0. The number of nitrogens with zero attached hydrogens (tertiary/aromatic N) is 2. The lowest BCUT2D eigenvalue weighted by atomic mass is 10.1. The number of hydrogen-bond acceptors (Lipinski definition) is 5. The molecule has 146 valence electrons. The van der Waals surface area contributed by atoms with Crippen molar-refractivity contribution in [1.29, 1.82) is 0 Å². The molecule has 0 unspecified atom stereocenters. The highest BCUT2D eigenvalue weighted by Gasteiger charge is 2.19. The second-order valence-electron chi connectivity index (χ2n) is 6.74. The first-order valence-electron chi connectivity index (χ1n) is 9.42. The zero-order valence-electron chi connectivity index (χ0n) is 15.9. The van der Waals surface area contributed by atoms with E-state index in [1.807, 2.05) is 30.3 Å². The van der Waals surface area contributed by atoms with Crippen LogP contribution in [0.5, 0.6) is 0 Å². The van der Waals surface area contributed by atoms with Crippen LogP contribution in [0.4, 0.5) is 0 Å². The van der Waals surface area contributed by atoms with Gasteiger partial charge in [-0.1, -0.05) is 43.2 Å². The fourth-order valence-electron chi connectivity index (χ4n) is 3.01. The number of carbonyl (C=O) groups excluding carboxylic acids is 2. The summed E-state index contributed by atoms with van der Waals surface area (Å²) < 4.78 is 0. The topological polar surface area (TPSA) is 87.7 Å². The minimum atomic E-state index is -0.218. The Morgan fingerprint density at radius 1 is 1.14 bits per heavy atom. The number of hydrogen-bond donors (Lipinski definition) is 2. The number of rotatable bonds is 10. The van der Waals surface area contributed by atoms with Crippen LogP contribution in [-0.2, 0) is 4.79 Å². The largest absolute Gasteiger partial charge is 0.341 e. The standard InChI is InChI=1S/C21H24N4O2S/c1-15(26)8-4-2-7-11-17(25-21(27)19-13-22-14-28-19)20-23-12-18(24-20)16-9-5-3-6-10-16/h3,5-6,9-10,12-14,17H,2,4,7-8,11H2,1H3,(H,23,24)(H,25,27)/t17-/m0/s1. The van der Waals surface area contributed by atoms with Gasteiger partial charge in [-0.3, -0.25) is 9.78 Å². The summed E-state index contributed by atoms with van der Waals surface area (Å²) in [6.07, 6.45) is 7.45. The summed E-state index contributed by atoms with van der Waals surface area (Å²) in [4.78, 5) is 36.0. The Kier molecular flexibility index (Phi) is 7.08. The van der Waals surface area contributed by atoms with Gasteiger partial charge in [0.15, 0.2) is 0 Å². The van der Waals surface area contributed by atoms with Crippen LogP contribution in [0, 0.1) is 0 Å². The molecule has 3 rings (SSSR count). The van der Waals surface area contributed by atoms with Gasteiger partial charge in [-0.05, 0) is 25.3 Å². The zero-order valence-corrected chi connectivity index (χ0v) is 16.7. The third kappa shape index (κ3) is 5.60. The van der Waals surface area contributed by atoms with Crippen molar-refractivity contribution in [2.75, 3.05) is 0 Å². The van der Waals surface area contributed by atoms with Crippen LogP contribution in [0.15, 0.2) is 48.2 Å². The van der Waals surface area contributed by atoms with Crippen LogP contribution < -0.4 is 5.32 Å². The lowest BCUT2D eigenvalue weighted by Crippen LogP contribution is -2.28. The summed E-state index contributed by atoms with van der Waals surface area (Å²) in [5, 5.41) is 3.07. The summed E-state index contributed by atoms with van der Waals surface area (Å²) in [5.41, 5.74) is 3.62. The van der Waals surface area contributed by atoms with Gasteiger partial charge in [0.1, 0.15) is 16.5 Å². The average molecular weight is 397 g/mol. The molecule has 0 aliphatic heterocycles. The van der Waals surface area contributed by atoms with Gasteiger partial charge in [-0.25, -0.2) is 4.98 Å². The van der Waals surface area contributed by atoms with E-state index in [-0.39, 0.29) is 17.7 Å². The third-order valence-corrected chi connectivity index (χ3v) is 5.27. The molecule has 2 N–H and O–H groups in total. The third-order valence-electron chi connectivity index (χ3n) is 4.49. The fourth-order valence-corrected chi connectivity index (χ4v) is 3.53. The number of amides is 1. The van der Waals surface area contributed by atoms with E-state index in [1.54, 1.807) is 24.8 Å². The van der Waals surface area contributed by atoms with Crippen molar-refractivity contribution in [2.24, 2.45) is 0 Å². The van der Waals surface area contributed by atoms with E-state index in [0.717, 1.165) is 42.8 Å². The summed E-state index contributed by atoms with van der Waals surface area (Å²) in [5.74, 6) is 0.811. The number of Topliss-reactive ketones (excluding diaryl/α,β-unsaturated/α-hetero) is 1. The predicted octanol–water partition coefficient (Wildman–Crippen LogP) is 4.54. The van der Waals surface area contributed by atoms with Crippen LogP contribution in [0.3, 0.4) is 0 Å². The zero-order chi connectivity index (χ0) is 19.8. The minimum Gasteiger partial charge on any atom is -0.341 e. The molecule has 0 saturated heterocycles. The van der Waals surface area contributed by atoms with Crippen molar-refractivity contribution in [3.63, 3.8) is 0 Å². The Labute approximate surface area is 168 Å². The van der Waals surface area contributed by atoms with Crippen molar-refractivity contribution in [1.82, 2.24) is 20.3 Å². The monoisotopic (exact) mass is 396 g/mol. The molecule has 6 nitrogen and oxygen atoms in total. The number of carbonyl (C=O) groups is 2. The van der Waals surface area contributed by atoms with Gasteiger partial charge in [-0.2, -0.15) is 0 Å². The Morgan fingerprint density at radius 2 is 1.96 bits per heavy atom. The van der Waals surface area contributed by atoms with Crippen LogP contribution in [0.25, 0.3) is 11.3 Å². The number of nitrogens with one attached hydrogen (secondary N) is 2. The molecule has 28 heavy (non-hydrogen) atoms. The first-order valence-corrected chi connectivity index (χ1v) is 10.3. The van der Waals surface area contributed by atoms with E-state index >= 15 is 0 Å². The number of thiazole rings is 1.